The van der Waals surface area contributed by atoms with Crippen molar-refractivity contribution >= 4 is 11.7 Å². The van der Waals surface area contributed by atoms with Gasteiger partial charge >= 0.3 is 0 Å². The van der Waals surface area contributed by atoms with Crippen molar-refractivity contribution in [2.45, 2.75) is 51.2 Å². The molecule has 1 atom stereocenters. The predicted molar refractivity (Wildman–Crippen MR) is 131 cm³/mol. The molecule has 1 saturated heterocycles. The van der Waals surface area contributed by atoms with Crippen molar-refractivity contribution in [2.75, 3.05) is 18.0 Å². The van der Waals surface area contributed by atoms with Crippen LogP contribution in [0.5, 0.6) is 5.75 Å². The molecule has 0 spiro atoms. The molecule has 3 heterocycles. The van der Waals surface area contributed by atoms with E-state index >= 15 is 0 Å². The molecule has 1 aliphatic carbocycles. The Kier molecular flexibility index (Phi) is 6.57. The van der Waals surface area contributed by atoms with Gasteiger partial charge in [0, 0.05) is 43.9 Å². The summed E-state index contributed by atoms with van der Waals surface area (Å²) in [6.45, 7) is 3.55. The lowest BCUT2D eigenvalue weighted by molar-refractivity contribution is 0.0927. The van der Waals surface area contributed by atoms with Crippen molar-refractivity contribution in [1.82, 2.24) is 20.5 Å². The van der Waals surface area contributed by atoms with Crippen molar-refractivity contribution in [3.8, 4) is 11.8 Å². The molecule has 0 bridgehead atoms. The molecule has 0 saturated carbocycles. The minimum absolute atomic E-state index is 0.0777. The van der Waals surface area contributed by atoms with E-state index in [1.165, 1.54) is 5.56 Å². The molecule has 1 aromatic carbocycles. The number of benzene rings is 1. The number of hydrogen-bond donors (Lipinski definition) is 1. The summed E-state index contributed by atoms with van der Waals surface area (Å²) in [4.78, 5) is 19.5. The van der Waals surface area contributed by atoms with Gasteiger partial charge in [0.25, 0.3) is 5.91 Å². The van der Waals surface area contributed by atoms with E-state index in [1.54, 1.807) is 12.1 Å². The van der Waals surface area contributed by atoms with Gasteiger partial charge < -0.3 is 15.0 Å². The number of pyridine rings is 1. The topological polar surface area (TPSA) is 104 Å². The monoisotopic (exact) mass is 468 g/mol. The van der Waals surface area contributed by atoms with Crippen molar-refractivity contribution in [3.05, 3.63) is 76.7 Å². The third-order valence-electron chi connectivity index (χ3n) is 6.71. The highest BCUT2D eigenvalue weighted by Gasteiger charge is 2.25. The first-order valence-corrected chi connectivity index (χ1v) is 12.1. The lowest BCUT2D eigenvalue weighted by Crippen LogP contribution is -2.40. The Bertz CT molecular complexity index is 1260. The van der Waals surface area contributed by atoms with Gasteiger partial charge in [0.1, 0.15) is 11.9 Å². The minimum atomic E-state index is -0.184. The quantitative estimate of drug-likeness (QED) is 0.612. The van der Waals surface area contributed by atoms with E-state index in [0.717, 1.165) is 68.0 Å². The molecule has 1 fully saturated rings. The third-order valence-corrected chi connectivity index (χ3v) is 6.71. The van der Waals surface area contributed by atoms with Gasteiger partial charge in [-0.3, -0.25) is 9.78 Å². The van der Waals surface area contributed by atoms with Crippen LogP contribution >= 0.6 is 0 Å². The van der Waals surface area contributed by atoms with E-state index in [4.69, 9.17) is 10.00 Å². The number of hydrogen-bond acceptors (Lipinski definition) is 7. The summed E-state index contributed by atoms with van der Waals surface area (Å²) in [6, 6.07) is 15.3. The van der Waals surface area contributed by atoms with Crippen molar-refractivity contribution in [3.63, 3.8) is 0 Å². The molecule has 178 valence electrons. The third kappa shape index (κ3) is 5.24. The maximum atomic E-state index is 12.8. The average Bonchev–Trinajstić information content (AvgIpc) is 2.89. The molecular formula is C27H28N6O2. The number of amides is 1. The molecule has 3 aromatic rings. The Labute approximate surface area is 205 Å². The molecule has 1 aliphatic heterocycles. The number of rotatable bonds is 5. The highest BCUT2D eigenvalue weighted by Crippen LogP contribution is 2.25. The van der Waals surface area contributed by atoms with Crippen LogP contribution in [0.2, 0.25) is 0 Å². The SMILES string of the molecule is Cc1cc(C(=O)NC2CCc3ncccc3C2)nnc1N1CCC(Oc2cccc(C#N)c2)CC1. The Balaban J connectivity index is 1.17. The molecule has 1 unspecified atom stereocenters. The number of piperidine rings is 1. The predicted octanol–water partition coefficient (Wildman–Crippen LogP) is 3.39. The molecule has 8 heteroatoms. The molecule has 1 amide bonds. The van der Waals surface area contributed by atoms with Gasteiger partial charge in [-0.05, 0) is 67.6 Å². The van der Waals surface area contributed by atoms with Crippen LogP contribution in [0.4, 0.5) is 5.82 Å². The molecule has 8 nitrogen and oxygen atoms in total. The first-order valence-electron chi connectivity index (χ1n) is 12.1. The Morgan fingerprint density at radius 3 is 2.80 bits per heavy atom. The summed E-state index contributed by atoms with van der Waals surface area (Å²) in [5.41, 5.74) is 4.21. The number of aromatic nitrogens is 3. The van der Waals surface area contributed by atoms with Gasteiger partial charge in [-0.1, -0.05) is 12.1 Å². The fourth-order valence-corrected chi connectivity index (χ4v) is 4.86. The normalized spacial score (nSPS) is 17.8. The van der Waals surface area contributed by atoms with E-state index in [2.05, 4.69) is 37.5 Å². The van der Waals surface area contributed by atoms with Gasteiger partial charge in [0.05, 0.1) is 11.6 Å². The van der Waals surface area contributed by atoms with Crippen LogP contribution < -0.4 is 15.0 Å². The Morgan fingerprint density at radius 1 is 1.14 bits per heavy atom. The van der Waals surface area contributed by atoms with Gasteiger partial charge in [-0.15, -0.1) is 10.2 Å². The molecule has 35 heavy (non-hydrogen) atoms. The highest BCUT2D eigenvalue weighted by molar-refractivity contribution is 5.92. The van der Waals surface area contributed by atoms with Gasteiger partial charge in [-0.25, -0.2) is 0 Å². The summed E-state index contributed by atoms with van der Waals surface area (Å²) in [5, 5.41) is 20.9. The number of carbonyl (C=O) groups excluding carboxylic acids is 1. The second-order valence-electron chi connectivity index (χ2n) is 9.20. The molecule has 1 N–H and O–H groups in total. The van der Waals surface area contributed by atoms with Gasteiger partial charge in [0.2, 0.25) is 0 Å². The van der Waals surface area contributed by atoms with Crippen LogP contribution in [0.25, 0.3) is 0 Å². The zero-order valence-corrected chi connectivity index (χ0v) is 19.8. The Hall–Kier alpha value is -3.99. The highest BCUT2D eigenvalue weighted by atomic mass is 16.5. The molecule has 2 aromatic heterocycles. The van der Waals surface area contributed by atoms with Crippen LogP contribution in [0.3, 0.4) is 0 Å². The summed E-state index contributed by atoms with van der Waals surface area (Å²) in [7, 11) is 0. The second-order valence-corrected chi connectivity index (χ2v) is 9.20. The summed E-state index contributed by atoms with van der Waals surface area (Å²) >= 11 is 0. The maximum Gasteiger partial charge on any atom is 0.272 e. The lowest BCUT2D eigenvalue weighted by Gasteiger charge is -2.33. The largest absolute Gasteiger partial charge is 0.490 e. The van der Waals surface area contributed by atoms with E-state index in [-0.39, 0.29) is 18.1 Å². The first kappa shape index (κ1) is 22.8. The van der Waals surface area contributed by atoms with Gasteiger partial charge in [0.15, 0.2) is 11.5 Å². The van der Waals surface area contributed by atoms with Crippen molar-refractivity contribution in [1.29, 1.82) is 5.26 Å². The number of ether oxygens (including phenoxy) is 1. The minimum Gasteiger partial charge on any atom is -0.490 e. The van der Waals surface area contributed by atoms with Crippen LogP contribution in [0.1, 0.15) is 52.1 Å². The number of nitrogens with one attached hydrogen (secondary N) is 1. The van der Waals surface area contributed by atoms with Crippen molar-refractivity contribution < 1.29 is 9.53 Å². The summed E-state index contributed by atoms with van der Waals surface area (Å²) in [5.74, 6) is 1.35. The summed E-state index contributed by atoms with van der Waals surface area (Å²) in [6.07, 6.45) is 6.14. The van der Waals surface area contributed by atoms with Crippen LogP contribution in [-0.4, -0.2) is 46.3 Å². The van der Waals surface area contributed by atoms with Crippen molar-refractivity contribution in [2.24, 2.45) is 0 Å². The van der Waals surface area contributed by atoms with E-state index in [0.29, 0.717) is 11.3 Å². The fourth-order valence-electron chi connectivity index (χ4n) is 4.86. The number of fused-ring (bicyclic) bond motifs is 1. The molecular weight excluding hydrogens is 440 g/mol. The number of carbonyl (C=O) groups is 1. The maximum absolute atomic E-state index is 12.8. The molecule has 0 radical (unpaired) electrons. The number of nitrogens with zero attached hydrogens (tertiary/aromatic N) is 5. The first-order chi connectivity index (χ1) is 17.1. The average molecular weight is 469 g/mol. The zero-order chi connectivity index (χ0) is 24.2. The smallest absolute Gasteiger partial charge is 0.272 e. The van der Waals surface area contributed by atoms with Crippen LogP contribution in [-0.2, 0) is 12.8 Å². The van der Waals surface area contributed by atoms with E-state index < -0.39 is 0 Å². The van der Waals surface area contributed by atoms with E-state index in [1.807, 2.05) is 37.4 Å². The number of aryl methyl sites for hydroxylation is 2. The summed E-state index contributed by atoms with van der Waals surface area (Å²) < 4.78 is 6.09. The van der Waals surface area contributed by atoms with Crippen LogP contribution in [0, 0.1) is 18.3 Å². The zero-order valence-electron chi connectivity index (χ0n) is 19.8. The molecule has 5 rings (SSSR count). The number of anilines is 1. The number of nitriles is 1. The molecule has 2 aliphatic rings. The van der Waals surface area contributed by atoms with Crippen LogP contribution in [0.15, 0.2) is 48.7 Å². The second kappa shape index (κ2) is 10.1. The van der Waals surface area contributed by atoms with E-state index in [9.17, 15) is 4.79 Å². The lowest BCUT2D eigenvalue weighted by atomic mass is 9.92. The standard InChI is InChI=1S/C27H28N6O2/c1-18-14-25(27(34)30-21-7-8-24-20(16-21)5-3-11-29-24)31-32-26(18)33-12-9-22(10-13-33)35-23-6-2-4-19(15-23)17-28/h2-6,11,14-15,21-22H,7-10,12-13,16H2,1H3,(H,30,34). The fraction of sp³-hybridized carbons (Fsp3) is 0.370. The van der Waals surface area contributed by atoms with Gasteiger partial charge in [-0.2, -0.15) is 5.26 Å². The Morgan fingerprint density at radius 2 is 2.00 bits per heavy atom.